The van der Waals surface area contributed by atoms with Crippen LogP contribution in [-0.4, -0.2) is 18.2 Å². The number of imide groups is 1. The van der Waals surface area contributed by atoms with Crippen LogP contribution in [0.2, 0.25) is 0 Å². The highest BCUT2D eigenvalue weighted by Crippen LogP contribution is 2.34. The summed E-state index contributed by atoms with van der Waals surface area (Å²) in [6, 6.07) is 14.1. The number of amides is 2. The smallest absolute Gasteiger partial charge is 0.406 e. The first-order valence-corrected chi connectivity index (χ1v) is 9.40. The molecule has 0 saturated heterocycles. The molecular formula is C23H13F5N2O3. The third-order valence-electron chi connectivity index (χ3n) is 4.64. The zero-order valence-electron chi connectivity index (χ0n) is 16.5. The van der Waals surface area contributed by atoms with Crippen LogP contribution < -0.4 is 15.0 Å². The minimum Gasteiger partial charge on any atom is -0.406 e. The highest BCUT2D eigenvalue weighted by atomic mass is 19.4. The predicted molar refractivity (Wildman–Crippen MR) is 109 cm³/mol. The summed E-state index contributed by atoms with van der Waals surface area (Å²) in [5, 5.41) is 2.67. The van der Waals surface area contributed by atoms with E-state index in [0.717, 1.165) is 41.3 Å². The zero-order chi connectivity index (χ0) is 23.8. The summed E-state index contributed by atoms with van der Waals surface area (Å²) in [4.78, 5) is 27.2. The number of carbonyl (C=O) groups excluding carboxylic acids is 2. The summed E-state index contributed by atoms with van der Waals surface area (Å²) >= 11 is 0. The van der Waals surface area contributed by atoms with Crippen LogP contribution in [0, 0.1) is 11.6 Å². The van der Waals surface area contributed by atoms with Crippen molar-refractivity contribution in [3.05, 3.63) is 95.7 Å². The molecule has 0 bridgehead atoms. The molecule has 0 aliphatic carbocycles. The van der Waals surface area contributed by atoms with E-state index in [9.17, 15) is 31.5 Å². The van der Waals surface area contributed by atoms with Gasteiger partial charge in [0, 0.05) is 11.8 Å². The van der Waals surface area contributed by atoms with Crippen molar-refractivity contribution < 1.29 is 36.3 Å². The number of nitrogens with one attached hydrogen (secondary N) is 1. The maximum Gasteiger partial charge on any atom is 0.573 e. The molecule has 1 aliphatic rings. The van der Waals surface area contributed by atoms with Crippen molar-refractivity contribution in [2.75, 3.05) is 10.2 Å². The lowest BCUT2D eigenvalue weighted by molar-refractivity contribution is -0.274. The molecule has 0 unspecified atom stereocenters. The fourth-order valence-corrected chi connectivity index (χ4v) is 3.27. The van der Waals surface area contributed by atoms with E-state index in [1.165, 1.54) is 36.4 Å². The third-order valence-corrected chi connectivity index (χ3v) is 4.64. The number of rotatable bonds is 5. The Morgan fingerprint density at radius 3 is 2.00 bits per heavy atom. The van der Waals surface area contributed by atoms with Crippen LogP contribution in [0.15, 0.2) is 78.5 Å². The number of nitrogens with zero attached hydrogens (tertiary/aromatic N) is 1. The monoisotopic (exact) mass is 460 g/mol. The summed E-state index contributed by atoms with van der Waals surface area (Å²) in [7, 11) is 0. The molecule has 0 spiro atoms. The van der Waals surface area contributed by atoms with Gasteiger partial charge in [0.15, 0.2) is 0 Å². The topological polar surface area (TPSA) is 58.6 Å². The molecule has 1 N–H and O–H groups in total. The quantitative estimate of drug-likeness (QED) is 0.417. The second-order valence-electron chi connectivity index (χ2n) is 6.88. The zero-order valence-corrected chi connectivity index (χ0v) is 16.5. The Morgan fingerprint density at radius 2 is 1.39 bits per heavy atom. The van der Waals surface area contributed by atoms with Gasteiger partial charge in [0.25, 0.3) is 11.8 Å². The molecule has 2 amide bonds. The Hall–Kier alpha value is -4.21. The van der Waals surface area contributed by atoms with Crippen molar-refractivity contribution in [3.8, 4) is 5.75 Å². The van der Waals surface area contributed by atoms with Crippen molar-refractivity contribution in [2.45, 2.75) is 6.36 Å². The Balaban J connectivity index is 1.76. The highest BCUT2D eigenvalue weighted by Gasteiger charge is 2.40. The van der Waals surface area contributed by atoms with Gasteiger partial charge in [-0.2, -0.15) is 0 Å². The van der Waals surface area contributed by atoms with E-state index in [1.807, 2.05) is 0 Å². The molecule has 5 nitrogen and oxygen atoms in total. The second-order valence-corrected chi connectivity index (χ2v) is 6.88. The first kappa shape index (κ1) is 22.0. The Morgan fingerprint density at radius 1 is 0.788 bits per heavy atom. The van der Waals surface area contributed by atoms with Crippen LogP contribution in [0.4, 0.5) is 33.3 Å². The lowest BCUT2D eigenvalue weighted by atomic mass is 10.0. The predicted octanol–water partition coefficient (Wildman–Crippen LogP) is 5.26. The number of hydrogen-bond donors (Lipinski definition) is 1. The molecular weight excluding hydrogens is 447 g/mol. The van der Waals surface area contributed by atoms with Gasteiger partial charge in [0.05, 0.1) is 11.3 Å². The molecule has 1 aliphatic heterocycles. The van der Waals surface area contributed by atoms with E-state index in [1.54, 1.807) is 0 Å². The minimum absolute atomic E-state index is 0.0356. The lowest BCUT2D eigenvalue weighted by Gasteiger charge is -2.15. The van der Waals surface area contributed by atoms with Crippen LogP contribution in [-0.2, 0) is 9.59 Å². The number of halogens is 5. The number of benzene rings is 3. The average Bonchev–Trinajstić information content (AvgIpc) is 2.98. The third kappa shape index (κ3) is 4.69. The van der Waals surface area contributed by atoms with Gasteiger partial charge in [-0.15, -0.1) is 13.2 Å². The first-order chi connectivity index (χ1) is 15.6. The van der Waals surface area contributed by atoms with Crippen molar-refractivity contribution in [3.63, 3.8) is 0 Å². The maximum absolute atomic E-state index is 13.4. The van der Waals surface area contributed by atoms with Gasteiger partial charge in [-0.1, -0.05) is 18.2 Å². The van der Waals surface area contributed by atoms with Gasteiger partial charge < -0.3 is 10.1 Å². The Bertz CT molecular complexity index is 1250. The molecule has 168 valence electrons. The van der Waals surface area contributed by atoms with E-state index >= 15 is 0 Å². The van der Waals surface area contributed by atoms with Gasteiger partial charge >= 0.3 is 6.36 Å². The standard InChI is InChI=1S/C23H13F5N2O3/c24-14-6-4-13(5-7-14)19-20(29-16-2-1-3-18(12-16)33-23(26,27)28)22(32)30(21(19)31)17-10-8-15(25)9-11-17/h1-12,29H. The fraction of sp³-hybridized carbons (Fsp3) is 0.0435. The van der Waals surface area contributed by atoms with Crippen molar-refractivity contribution in [1.29, 1.82) is 0 Å². The number of hydrogen-bond acceptors (Lipinski definition) is 4. The molecule has 33 heavy (non-hydrogen) atoms. The van der Waals surface area contributed by atoms with Gasteiger partial charge in [-0.25, -0.2) is 13.7 Å². The SMILES string of the molecule is O=C1C(Nc2cccc(OC(F)(F)F)c2)=C(c2ccc(F)cc2)C(=O)N1c1ccc(F)cc1. The van der Waals surface area contributed by atoms with Crippen LogP contribution in [0.25, 0.3) is 5.57 Å². The summed E-state index contributed by atoms with van der Waals surface area (Å²) in [5.41, 5.74) is -0.0680. The molecule has 0 radical (unpaired) electrons. The number of alkyl halides is 3. The Labute approximate surface area is 183 Å². The molecule has 1 heterocycles. The highest BCUT2D eigenvalue weighted by molar-refractivity contribution is 6.46. The van der Waals surface area contributed by atoms with Crippen molar-refractivity contribution >= 4 is 28.8 Å². The maximum atomic E-state index is 13.4. The van der Waals surface area contributed by atoms with Crippen LogP contribution in [0.3, 0.4) is 0 Å². The van der Waals surface area contributed by atoms with Crippen LogP contribution in [0.1, 0.15) is 5.56 Å². The van der Waals surface area contributed by atoms with Crippen molar-refractivity contribution in [1.82, 2.24) is 0 Å². The minimum atomic E-state index is -4.92. The molecule has 0 atom stereocenters. The molecule has 3 aromatic rings. The summed E-state index contributed by atoms with van der Waals surface area (Å²) in [6.07, 6.45) is -4.92. The van der Waals surface area contributed by atoms with E-state index in [2.05, 4.69) is 10.1 Å². The molecule has 4 rings (SSSR count). The summed E-state index contributed by atoms with van der Waals surface area (Å²) in [6.45, 7) is 0. The lowest BCUT2D eigenvalue weighted by Crippen LogP contribution is -2.32. The second kappa shape index (κ2) is 8.38. The van der Waals surface area contributed by atoms with Crippen LogP contribution in [0.5, 0.6) is 5.75 Å². The van der Waals surface area contributed by atoms with Gasteiger partial charge in [0.2, 0.25) is 0 Å². The van der Waals surface area contributed by atoms with Crippen LogP contribution >= 0.6 is 0 Å². The van der Waals surface area contributed by atoms with Gasteiger partial charge in [-0.3, -0.25) is 9.59 Å². The molecule has 10 heteroatoms. The number of anilines is 2. The molecule has 0 fully saturated rings. The summed E-state index contributed by atoms with van der Waals surface area (Å²) < 4.78 is 68.3. The van der Waals surface area contributed by atoms with E-state index in [-0.39, 0.29) is 28.2 Å². The molecule has 0 saturated carbocycles. The van der Waals surface area contributed by atoms with E-state index in [4.69, 9.17) is 0 Å². The largest absolute Gasteiger partial charge is 0.573 e. The number of ether oxygens (including phenoxy) is 1. The fourth-order valence-electron chi connectivity index (χ4n) is 3.27. The summed E-state index contributed by atoms with van der Waals surface area (Å²) in [5.74, 6) is -3.29. The van der Waals surface area contributed by atoms with Crippen molar-refractivity contribution in [2.24, 2.45) is 0 Å². The van der Waals surface area contributed by atoms with E-state index < -0.39 is 35.6 Å². The number of carbonyl (C=O) groups is 2. The first-order valence-electron chi connectivity index (χ1n) is 9.40. The van der Waals surface area contributed by atoms with Gasteiger partial charge in [0.1, 0.15) is 23.1 Å². The van der Waals surface area contributed by atoms with E-state index in [0.29, 0.717) is 0 Å². The molecule has 0 aromatic heterocycles. The average molecular weight is 460 g/mol. The normalized spacial score (nSPS) is 14.2. The molecule has 3 aromatic carbocycles. The van der Waals surface area contributed by atoms with Gasteiger partial charge in [-0.05, 0) is 54.1 Å². The Kier molecular flexibility index (Phi) is 5.59.